The first-order valence-electron chi connectivity index (χ1n) is 49.0. The number of hydrogen-bond acceptors (Lipinski definition) is 21. The summed E-state index contributed by atoms with van der Waals surface area (Å²) in [6.07, 6.45) is 6.26. The molecule has 4 aliphatic rings. The fourth-order valence-electron chi connectivity index (χ4n) is 18.6. The summed E-state index contributed by atoms with van der Waals surface area (Å²) < 4.78 is 1.24. The normalized spacial score (nSPS) is 18.3. The van der Waals surface area contributed by atoms with Crippen LogP contribution in [0.5, 0.6) is 0 Å². The Morgan fingerprint density at radius 3 is 1.01 bits per heavy atom. The Morgan fingerprint density at radius 2 is 0.671 bits per heavy atom. The highest BCUT2D eigenvalue weighted by Crippen LogP contribution is 2.46. The van der Waals surface area contributed by atoms with E-state index in [-0.39, 0.29) is 107 Å². The first-order chi connectivity index (χ1) is 67.0. The van der Waals surface area contributed by atoms with Gasteiger partial charge in [0.25, 0.3) is 0 Å². The van der Waals surface area contributed by atoms with Gasteiger partial charge >= 0.3 is 0 Å². The van der Waals surface area contributed by atoms with Crippen molar-refractivity contribution < 1.29 is 38.4 Å². The molecule has 0 saturated carbocycles. The lowest BCUT2D eigenvalue weighted by molar-refractivity contribution is -0.140. The van der Waals surface area contributed by atoms with Crippen molar-refractivity contribution >= 4 is 114 Å². The molecule has 0 bridgehead atoms. The van der Waals surface area contributed by atoms with E-state index in [1.54, 1.807) is 91.4 Å². The van der Waals surface area contributed by atoms with Gasteiger partial charge in [0.15, 0.2) is 0 Å². The summed E-state index contributed by atoms with van der Waals surface area (Å²) in [6, 6.07) is 65.7. The third kappa shape index (κ3) is 25.9. The van der Waals surface area contributed by atoms with E-state index in [0.29, 0.717) is 32.1 Å². The average molecular weight is 1980 g/mol. The second kappa shape index (κ2) is 48.4. The average Bonchev–Trinajstić information content (AvgIpc) is 1.61. The topological polar surface area (TPSA) is 339 Å². The van der Waals surface area contributed by atoms with Crippen LogP contribution in [0.4, 0.5) is 0 Å². The predicted octanol–water partition coefficient (Wildman–Crippen LogP) is 18.9. The summed E-state index contributed by atoms with van der Waals surface area (Å²) in [6.45, 7) is 31.2. The Labute approximate surface area is 845 Å². The van der Waals surface area contributed by atoms with Crippen LogP contribution in [0.25, 0.3) is 21.3 Å². The van der Waals surface area contributed by atoms with Crippen LogP contribution in [-0.4, -0.2) is 168 Å². The van der Waals surface area contributed by atoms with Gasteiger partial charge in [-0.1, -0.05) is 276 Å². The lowest BCUT2D eigenvalue weighted by Crippen LogP contribution is -2.57. The van der Waals surface area contributed by atoms with Crippen LogP contribution in [0, 0.1) is 28.6 Å². The molecular weight excluding hydrogens is 1850 g/mol. The van der Waals surface area contributed by atoms with Crippen molar-refractivity contribution in [3.05, 3.63) is 304 Å². The summed E-state index contributed by atoms with van der Waals surface area (Å²) in [7, 11) is 1.74. The second-order valence-corrected chi connectivity index (χ2v) is 44.5. The molecule has 16 rings (SSSR count). The lowest BCUT2D eigenvalue weighted by atomic mass is 9.85. The van der Waals surface area contributed by atoms with E-state index in [2.05, 4.69) is 218 Å². The van der Waals surface area contributed by atoms with Crippen molar-refractivity contribution in [2.75, 3.05) is 33.2 Å². The van der Waals surface area contributed by atoms with Crippen LogP contribution in [0.2, 0.25) is 0 Å². The minimum absolute atomic E-state index is 0.0237. The van der Waals surface area contributed by atoms with Gasteiger partial charge in [-0.2, -0.15) is 0 Å². The zero-order chi connectivity index (χ0) is 100. The maximum atomic E-state index is 13.9. The monoisotopic (exact) mass is 1980 g/mol. The number of carbonyl (C=O) groups excluding carboxylic acids is 8. The number of amides is 8. The molecule has 4 fully saturated rings. The van der Waals surface area contributed by atoms with E-state index in [9.17, 15) is 38.4 Å². The number of likely N-dealkylation sites (tertiary alicyclic amines) is 4. The number of hydrogen-bond donors (Lipinski definition) is 8. The SMILES string of the molecule is CC(C)[C@@H](NC(=O)[C@@H](C)N)C(=O)N1CCC[C@@H]1c1nc(C(c2ccccc2)c2ccccc2)cs1.CC(C)[C@H](NC(=O)[C@H](C)N)C(=O)N1CC[C@H](C)[C@H]1c1nc(-c2csc3ccccc23)cs1.CN[C@@H](C)C(=O)N[C@H](C(=O)N1CCCC1c1nc(C(c2ccccc2)c2ccccc2)cs1)C(C)(C)C.C[C@H](N)C(=O)N[C@H](C(=O)N1CCCC1c1nc(C(c2ccccc2)c2ccccc2)cs1)C(C)(C)C. The van der Waals surface area contributed by atoms with Crippen molar-refractivity contribution in [1.29, 1.82) is 0 Å². The number of nitrogens with one attached hydrogen (secondary N) is 5. The van der Waals surface area contributed by atoms with Crippen LogP contribution in [0.1, 0.15) is 261 Å². The Morgan fingerprint density at radius 1 is 0.357 bits per heavy atom. The quantitative estimate of drug-likeness (QED) is 0.0216. The van der Waals surface area contributed by atoms with E-state index in [1.165, 1.54) is 43.5 Å². The van der Waals surface area contributed by atoms with E-state index in [0.717, 1.165) is 93.3 Å². The molecule has 13 atom stereocenters. The van der Waals surface area contributed by atoms with Crippen molar-refractivity contribution in [1.82, 2.24) is 66.1 Å². The smallest absolute Gasteiger partial charge is 0.246 e. The molecule has 0 aliphatic carbocycles. The van der Waals surface area contributed by atoms with E-state index in [4.69, 9.17) is 37.1 Å². The summed E-state index contributed by atoms with van der Waals surface area (Å²) in [5, 5.41) is 30.2. The first-order valence-corrected chi connectivity index (χ1v) is 53.4. The third-order valence-electron chi connectivity index (χ3n) is 26.6. The highest BCUT2D eigenvalue weighted by molar-refractivity contribution is 7.18. The first kappa shape index (κ1) is 106. The molecule has 12 aromatic rings. The molecule has 4 saturated heterocycles. The molecule has 7 aromatic carbocycles. The number of rotatable bonds is 29. The minimum Gasteiger partial charge on any atom is -0.343 e. The number of thiazole rings is 4. The van der Waals surface area contributed by atoms with Gasteiger partial charge in [0.2, 0.25) is 47.3 Å². The van der Waals surface area contributed by atoms with Crippen LogP contribution >= 0.6 is 56.7 Å². The summed E-state index contributed by atoms with van der Waals surface area (Å²) >= 11 is 8.18. The van der Waals surface area contributed by atoms with Crippen molar-refractivity contribution in [3.63, 3.8) is 0 Å². The standard InChI is InChI=1S/C30H38N4O2S.C29H36N4O2S.C28H34N4O2S.C24H30N4O2S2/c1-20(31-5)27(35)33-26(30(2,3)4)29(36)34-18-12-17-24(34)28-32-23(19-37-28)25(21-13-8-6-9-14-21)22-15-10-7-11-16-22;1-19(30)26(34)32-25(29(2,3)4)28(35)33-17-11-16-23(33)27-31-22(18-36-27)24(20-12-7-5-8-13-20)21-14-9-6-10-15-21;1-18(2)25(31-26(33)19(3)29)28(34)32-16-10-15-23(32)27-30-22(17-35-27)24(20-11-6-4-7-12-20)21-13-8-5-9-14-21;1-13(2)20(27-22(29)15(4)25)24(30)28-10-9-14(3)21(28)23-26-18(12-32-23)17-11-31-19-8-6-5-7-16(17)19/h6-11,13-16,19-20,24-26,31H,12,17-18H2,1-5H3,(H,33,35);5-10,12-15,18-19,23-25H,11,16-17,30H2,1-4H3,(H,32,34);4-9,11-14,17-19,23-25H,10,15-16,29H2,1-3H3,(H,31,33);5-8,11-15,20-21H,9-10,25H2,1-4H3,(H,27,29)/t20-,24?,26+;19-,23?,25+;19-,23-,25-;14-,15-,20-,21-/m0010/s1. The van der Waals surface area contributed by atoms with Gasteiger partial charge in [-0.15, -0.1) is 56.7 Å². The lowest BCUT2D eigenvalue weighted by Gasteiger charge is -2.36. The van der Waals surface area contributed by atoms with Gasteiger partial charge in [0.1, 0.15) is 44.2 Å². The molecule has 8 amide bonds. The zero-order valence-corrected chi connectivity index (χ0v) is 87.4. The number of aromatic nitrogens is 4. The molecular formula is C111H138N16O8S5. The van der Waals surface area contributed by atoms with Crippen molar-refractivity contribution in [3.8, 4) is 11.3 Å². The number of nitrogens with two attached hydrogens (primary N) is 3. The highest BCUT2D eigenvalue weighted by atomic mass is 32.1. The van der Waals surface area contributed by atoms with Crippen LogP contribution in [-0.2, 0) is 38.4 Å². The van der Waals surface area contributed by atoms with Gasteiger partial charge in [0, 0.05) is 68.7 Å². The molecule has 29 heteroatoms. The Balaban J connectivity index is 0.000000157. The Bertz CT molecular complexity index is 5960. The summed E-state index contributed by atoms with van der Waals surface area (Å²) in [5.74, 6) is -1.01. The zero-order valence-electron chi connectivity index (χ0n) is 83.3. The molecule has 9 heterocycles. The molecule has 740 valence electrons. The van der Waals surface area contributed by atoms with Gasteiger partial charge in [-0.05, 0) is 148 Å². The Hall–Kier alpha value is -11.4. The van der Waals surface area contributed by atoms with Gasteiger partial charge in [-0.3, -0.25) is 38.4 Å². The third-order valence-corrected chi connectivity index (χ3v) is 31.4. The fourth-order valence-corrected chi connectivity index (χ4v) is 23.6. The molecule has 140 heavy (non-hydrogen) atoms. The molecule has 24 nitrogen and oxygen atoms in total. The number of fused-ring (bicyclic) bond motifs is 1. The largest absolute Gasteiger partial charge is 0.343 e. The summed E-state index contributed by atoms with van der Waals surface area (Å²) in [4.78, 5) is 132. The van der Waals surface area contributed by atoms with Gasteiger partial charge in [-0.25, -0.2) is 19.9 Å². The highest BCUT2D eigenvalue weighted by Gasteiger charge is 2.47. The molecule has 0 spiro atoms. The van der Waals surface area contributed by atoms with Crippen LogP contribution in [0.3, 0.4) is 0 Å². The van der Waals surface area contributed by atoms with Crippen LogP contribution in [0.15, 0.2) is 233 Å². The van der Waals surface area contributed by atoms with Gasteiger partial charge < -0.3 is 63.4 Å². The summed E-state index contributed by atoms with van der Waals surface area (Å²) in [5.41, 5.74) is 28.6. The van der Waals surface area contributed by atoms with Crippen LogP contribution < -0.4 is 43.8 Å². The van der Waals surface area contributed by atoms with E-state index >= 15 is 0 Å². The van der Waals surface area contributed by atoms with Crippen molar-refractivity contribution in [2.24, 2.45) is 45.8 Å². The van der Waals surface area contributed by atoms with Crippen molar-refractivity contribution in [2.45, 2.75) is 239 Å². The molecule has 5 aromatic heterocycles. The number of nitrogens with zero attached hydrogens (tertiary/aromatic N) is 8. The molecule has 11 N–H and O–H groups in total. The molecule has 4 aliphatic heterocycles. The van der Waals surface area contributed by atoms with E-state index in [1.807, 2.05) is 137 Å². The number of likely N-dealkylation sites (N-methyl/N-ethyl adjacent to an activating group) is 1. The minimum atomic E-state index is -0.675. The molecule has 0 radical (unpaired) electrons. The maximum Gasteiger partial charge on any atom is 0.246 e. The fraction of sp³-hybridized carbons (Fsp3) is 0.423. The number of benzene rings is 7. The molecule has 2 unspecified atom stereocenters. The Kier molecular flexibility index (Phi) is 36.6. The second-order valence-electron chi connectivity index (χ2n) is 40.1. The number of thiophene rings is 1. The van der Waals surface area contributed by atoms with Gasteiger partial charge in [0.05, 0.1) is 88.9 Å². The predicted molar refractivity (Wildman–Crippen MR) is 566 cm³/mol. The van der Waals surface area contributed by atoms with E-state index < -0.39 is 53.1 Å². The number of carbonyl (C=O) groups is 8. The maximum absolute atomic E-state index is 13.9.